The van der Waals surface area contributed by atoms with Gasteiger partial charge in [0.1, 0.15) is 25.9 Å². The average Bonchev–Trinajstić information content (AvgIpc) is 1.81. The van der Waals surface area contributed by atoms with Crippen molar-refractivity contribution in [1.29, 1.82) is 0 Å². The molecule has 3 unspecified atom stereocenters. The lowest BCUT2D eigenvalue weighted by atomic mass is 9.83. The number of esters is 1. The predicted octanol–water partition coefficient (Wildman–Crippen LogP) is 6.12. The van der Waals surface area contributed by atoms with E-state index in [-0.39, 0.29) is 119 Å². The van der Waals surface area contributed by atoms with Gasteiger partial charge in [-0.25, -0.2) is 14.4 Å². The largest absolute Gasteiger partial charge is 0.467 e. The molecule has 0 aliphatic carbocycles. The van der Waals surface area contributed by atoms with Crippen molar-refractivity contribution in [2.45, 2.75) is 169 Å². The van der Waals surface area contributed by atoms with E-state index in [1.165, 1.54) is 33.3 Å². The number of ketones is 2. The van der Waals surface area contributed by atoms with Crippen molar-refractivity contribution in [3.8, 4) is 12.3 Å². The first-order valence-corrected chi connectivity index (χ1v) is 33.0. The van der Waals surface area contributed by atoms with E-state index in [1.807, 2.05) is 58.0 Å². The van der Waals surface area contributed by atoms with E-state index in [9.17, 15) is 47.9 Å². The first-order valence-electron chi connectivity index (χ1n) is 33.0. The molecule has 1 fully saturated rings. The van der Waals surface area contributed by atoms with E-state index < -0.39 is 96.0 Å². The van der Waals surface area contributed by atoms with Crippen molar-refractivity contribution >= 4 is 64.9 Å². The second-order valence-corrected chi connectivity index (χ2v) is 25.4. The molecule has 0 saturated carbocycles. The average molecular weight is 1330 g/mol. The number of nitrogens with zero attached hydrogens (tertiary/aromatic N) is 3. The number of nitrogens with one attached hydrogen (secondary N) is 4. The molecule has 1 aliphatic heterocycles. The van der Waals surface area contributed by atoms with E-state index in [1.54, 1.807) is 75.7 Å². The van der Waals surface area contributed by atoms with Crippen LogP contribution >= 0.6 is 0 Å². The molecule has 1 aliphatic rings. The summed E-state index contributed by atoms with van der Waals surface area (Å²) in [7, 11) is 7.41. The van der Waals surface area contributed by atoms with Crippen LogP contribution in [0.4, 0.5) is 15.3 Å². The zero-order valence-electron chi connectivity index (χ0n) is 58.4. The van der Waals surface area contributed by atoms with E-state index in [0.717, 1.165) is 5.56 Å². The van der Waals surface area contributed by atoms with Crippen LogP contribution in [-0.2, 0) is 84.5 Å². The SMILES string of the molecule is C#CCOCCOCCOCC(=O)N[C@H](C(=O)CC(CCCNC(N)=O)C(=O)Nc1ccc(COC(=O)N(C)[C@H](C(=O)C[C@H](C(=O)N(C)[C@@H](C(C)CC)[C@@H](CC(=O)N2CCC[C@H]2[C@H](OC)[C@@H](C)C(=O)NC(Cc2ccccc2)C(=O)OC)OC)C(C)C)C(C)C)cc1)C(C)C. The minimum absolute atomic E-state index is 0.0940. The molecule has 11 atom stereocenters. The second kappa shape index (κ2) is 42.8. The molecule has 0 bridgehead atoms. The molecule has 8 amide bonds. The van der Waals surface area contributed by atoms with Crippen LogP contribution < -0.4 is 27.0 Å². The number of terminal acetylenes is 1. The number of amides is 8. The summed E-state index contributed by atoms with van der Waals surface area (Å²) in [5, 5.41) is 10.9. The van der Waals surface area contributed by atoms with Crippen LogP contribution in [0, 0.1) is 53.8 Å². The van der Waals surface area contributed by atoms with Crippen LogP contribution in [0.3, 0.4) is 0 Å². The highest BCUT2D eigenvalue weighted by molar-refractivity contribution is 5.98. The third-order valence-electron chi connectivity index (χ3n) is 17.5. The summed E-state index contributed by atoms with van der Waals surface area (Å²) in [4.78, 5) is 141. The lowest BCUT2D eigenvalue weighted by Crippen LogP contribution is -2.55. The molecule has 2 aromatic rings. The van der Waals surface area contributed by atoms with Gasteiger partial charge in [-0.3, -0.25) is 33.6 Å². The predicted molar refractivity (Wildman–Crippen MR) is 358 cm³/mol. The molecule has 0 aromatic heterocycles. The summed E-state index contributed by atoms with van der Waals surface area (Å²) in [5.41, 5.74) is 7.03. The molecule has 2 aromatic carbocycles. The standard InChI is InChI=1S/C70H108N8O17/c1-16-33-92-34-35-93-36-37-94-43-59(81)75-61(45(5)6)56(79)39-51(25-21-31-72-69(71)87)66(84)73-52-29-27-50(28-30-52)42-95-70(88)77(12)62(46(7)8)57(80)40-53(44(3)4)67(85)76(11)63(47(9)17-2)58(89-13)41-60(82)78-32-22-26-55(78)64(90-14)48(10)65(83)74-54(68(86)91-15)38-49-23-19-18-20-24-49/h1,18-20,23-24,27-30,44-48,51,53-55,58,61-64H,17,21-22,25-26,31-43H2,2-15H3,(H,73,84)(H,74,83)(H,75,81)(H3,71,72,87)/t47?,48-,51?,53+,54?,55+,58-,61+,62+,63+,64-/m1/s1. The minimum Gasteiger partial charge on any atom is -0.467 e. The number of likely N-dealkylation sites (tertiary alicyclic amines) is 1. The summed E-state index contributed by atoms with van der Waals surface area (Å²) in [5.74, 6) is -4.59. The highest BCUT2D eigenvalue weighted by Crippen LogP contribution is 2.32. The molecule has 6 N–H and O–H groups in total. The van der Waals surface area contributed by atoms with Crippen LogP contribution in [0.1, 0.15) is 125 Å². The van der Waals surface area contributed by atoms with E-state index >= 15 is 0 Å². The Bertz CT molecular complexity index is 2800. The maximum absolute atomic E-state index is 14.9. The van der Waals surface area contributed by atoms with Crippen molar-refractivity contribution in [2.75, 3.05) is 93.5 Å². The first kappa shape index (κ1) is 81.7. The fraction of sp³-hybridized carbons (Fsp3) is 0.657. The number of methoxy groups -OCH3 is 3. The molecular weight excluding hydrogens is 1220 g/mol. The van der Waals surface area contributed by atoms with Crippen molar-refractivity contribution in [3.63, 3.8) is 0 Å². The molecule has 1 heterocycles. The first-order chi connectivity index (χ1) is 45.1. The van der Waals surface area contributed by atoms with Gasteiger partial charge in [0.15, 0.2) is 11.6 Å². The molecule has 25 nitrogen and oxygen atoms in total. The number of rotatable bonds is 44. The number of Topliss-reactive ketones (excluding diaryl/α,β-unsaturated/α-hetero) is 2. The van der Waals surface area contributed by atoms with Crippen molar-refractivity contribution in [3.05, 3.63) is 65.7 Å². The number of carbonyl (C=O) groups is 10. The van der Waals surface area contributed by atoms with Gasteiger partial charge in [0.05, 0.1) is 82.3 Å². The van der Waals surface area contributed by atoms with Gasteiger partial charge in [-0.05, 0) is 72.6 Å². The van der Waals surface area contributed by atoms with E-state index in [2.05, 4.69) is 27.2 Å². The highest BCUT2D eigenvalue weighted by Gasteiger charge is 2.44. The van der Waals surface area contributed by atoms with Gasteiger partial charge in [-0.2, -0.15) is 0 Å². The summed E-state index contributed by atoms with van der Waals surface area (Å²) >= 11 is 0. The molecule has 95 heavy (non-hydrogen) atoms. The van der Waals surface area contributed by atoms with Gasteiger partial charge >= 0.3 is 18.1 Å². The van der Waals surface area contributed by atoms with Crippen molar-refractivity contribution in [2.24, 2.45) is 47.2 Å². The van der Waals surface area contributed by atoms with Gasteiger partial charge in [-0.1, -0.05) is 117 Å². The van der Waals surface area contributed by atoms with Gasteiger partial charge in [0.25, 0.3) is 0 Å². The van der Waals surface area contributed by atoms with Crippen LogP contribution in [0.25, 0.3) is 0 Å². The topological polar surface area (TPSA) is 319 Å². The Morgan fingerprint density at radius 3 is 1.97 bits per heavy atom. The Hall–Kier alpha value is -7.50. The van der Waals surface area contributed by atoms with Crippen LogP contribution in [0.15, 0.2) is 54.6 Å². The maximum Gasteiger partial charge on any atom is 0.410 e. The van der Waals surface area contributed by atoms with Crippen LogP contribution in [-0.4, -0.2) is 204 Å². The number of benzene rings is 2. The van der Waals surface area contributed by atoms with Crippen LogP contribution in [0.5, 0.6) is 0 Å². The Balaban J connectivity index is 1.69. The fourth-order valence-corrected chi connectivity index (χ4v) is 12.0. The van der Waals surface area contributed by atoms with Crippen molar-refractivity contribution < 1.29 is 81.1 Å². The molecule has 0 spiro atoms. The van der Waals surface area contributed by atoms with E-state index in [0.29, 0.717) is 56.7 Å². The smallest absolute Gasteiger partial charge is 0.410 e. The number of hydrogen-bond acceptors (Lipinski definition) is 17. The second-order valence-electron chi connectivity index (χ2n) is 25.4. The number of primary amides is 1. The highest BCUT2D eigenvalue weighted by atomic mass is 16.6. The van der Waals surface area contributed by atoms with Crippen LogP contribution in [0.2, 0.25) is 0 Å². The van der Waals surface area contributed by atoms with Gasteiger partial charge in [0.2, 0.25) is 29.5 Å². The third kappa shape index (κ3) is 26.9. The van der Waals surface area contributed by atoms with Gasteiger partial charge < -0.3 is 74.9 Å². The summed E-state index contributed by atoms with van der Waals surface area (Å²) in [6, 6.07) is 11.1. The normalized spacial score (nSPS) is 16.2. The maximum atomic E-state index is 14.9. The summed E-state index contributed by atoms with van der Waals surface area (Å²) in [6.07, 6.45) is 4.94. The Labute approximate surface area is 562 Å². The Kier molecular flexibility index (Phi) is 36.9. The monoisotopic (exact) mass is 1330 g/mol. The number of anilines is 1. The number of urea groups is 1. The number of likely N-dealkylation sites (N-methyl/N-ethyl adjacent to an activating group) is 2. The molecule has 530 valence electrons. The molecule has 25 heteroatoms. The van der Waals surface area contributed by atoms with Gasteiger partial charge in [0, 0.05) is 78.2 Å². The zero-order chi connectivity index (χ0) is 70.9. The molecule has 1 saturated heterocycles. The fourth-order valence-electron chi connectivity index (χ4n) is 12.0. The van der Waals surface area contributed by atoms with E-state index in [4.69, 9.17) is 45.3 Å². The third-order valence-corrected chi connectivity index (χ3v) is 17.5. The number of nitrogens with two attached hydrogens (primary N) is 1. The molecule has 3 rings (SSSR count). The quantitative estimate of drug-likeness (QED) is 0.0283. The Morgan fingerprint density at radius 1 is 0.737 bits per heavy atom. The van der Waals surface area contributed by atoms with Gasteiger partial charge in [-0.15, -0.1) is 6.42 Å². The lowest BCUT2D eigenvalue weighted by Gasteiger charge is -2.41. The summed E-state index contributed by atoms with van der Waals surface area (Å²) in [6.45, 7) is 17.7. The summed E-state index contributed by atoms with van der Waals surface area (Å²) < 4.78 is 38.8. The lowest BCUT2D eigenvalue weighted by molar-refractivity contribution is -0.150. The Morgan fingerprint density at radius 2 is 1.39 bits per heavy atom. The minimum atomic E-state index is -0.976. The number of hydrogen-bond donors (Lipinski definition) is 5. The van der Waals surface area contributed by atoms with Crippen molar-refractivity contribution in [1.82, 2.24) is 30.7 Å². The number of carbonyl (C=O) groups excluding carboxylic acids is 10. The number of ether oxygens (including phenoxy) is 7. The zero-order valence-corrected chi connectivity index (χ0v) is 58.4. The molecular formula is C70H108N8O17. The molecule has 0 radical (unpaired) electrons.